The largest absolute Gasteiger partial charge is 0.759 e. The topological polar surface area (TPSA) is 43.4 Å². The fraction of sp³-hybridized carbons (Fsp3) is 0.250. The summed E-state index contributed by atoms with van der Waals surface area (Å²) in [6, 6.07) is 9.03. The standard InChI is InChI=1S/C8H8Cl3NO2S2/c9-8(10,11)15-12(16(13)14)6-7-4-2-1-3-5-7/h1-5H,6H2,(H,13,14)/p-1. The number of hydrogen-bond donors (Lipinski definition) is 0. The smallest absolute Gasteiger partial charge is 0.252 e. The molecular formula is C8H7Cl3NO2S2-. The third kappa shape index (κ3) is 5.72. The highest BCUT2D eigenvalue weighted by Gasteiger charge is 2.26. The highest BCUT2D eigenvalue weighted by Crippen LogP contribution is 2.41. The average molecular weight is 320 g/mol. The van der Waals surface area contributed by atoms with Crippen molar-refractivity contribution in [3.63, 3.8) is 0 Å². The van der Waals surface area contributed by atoms with Crippen LogP contribution in [0.3, 0.4) is 0 Å². The van der Waals surface area contributed by atoms with E-state index >= 15 is 0 Å². The molecule has 0 radical (unpaired) electrons. The van der Waals surface area contributed by atoms with Gasteiger partial charge in [-0.05, 0) is 17.5 Å². The quantitative estimate of drug-likeness (QED) is 0.486. The molecule has 0 fully saturated rings. The molecule has 0 bridgehead atoms. The fourth-order valence-electron chi connectivity index (χ4n) is 0.963. The fourth-order valence-corrected chi connectivity index (χ4v) is 3.36. The maximum atomic E-state index is 10.9. The lowest BCUT2D eigenvalue weighted by atomic mass is 10.2. The summed E-state index contributed by atoms with van der Waals surface area (Å²) >= 11 is 14.7. The molecule has 1 atom stereocenters. The van der Waals surface area contributed by atoms with Crippen molar-refractivity contribution in [2.45, 2.75) is 9.67 Å². The van der Waals surface area contributed by atoms with Crippen LogP contribution in [0.15, 0.2) is 30.3 Å². The molecule has 3 nitrogen and oxygen atoms in total. The van der Waals surface area contributed by atoms with Crippen molar-refractivity contribution < 1.29 is 8.76 Å². The van der Waals surface area contributed by atoms with Crippen molar-refractivity contribution in [1.29, 1.82) is 0 Å². The Balaban J connectivity index is 2.70. The Morgan fingerprint density at radius 3 is 2.31 bits per heavy atom. The monoisotopic (exact) mass is 318 g/mol. The molecule has 0 heterocycles. The van der Waals surface area contributed by atoms with Crippen LogP contribution >= 0.6 is 46.8 Å². The van der Waals surface area contributed by atoms with Crippen LogP contribution in [-0.2, 0) is 17.8 Å². The van der Waals surface area contributed by atoms with E-state index in [1.165, 1.54) is 0 Å². The predicted octanol–water partition coefficient (Wildman–Crippen LogP) is 3.26. The van der Waals surface area contributed by atoms with Crippen molar-refractivity contribution in [2.24, 2.45) is 0 Å². The van der Waals surface area contributed by atoms with Crippen LogP contribution in [-0.4, -0.2) is 15.6 Å². The van der Waals surface area contributed by atoms with E-state index in [1.807, 2.05) is 6.07 Å². The highest BCUT2D eigenvalue weighted by molar-refractivity contribution is 8.09. The minimum Gasteiger partial charge on any atom is -0.759 e. The molecule has 0 aliphatic heterocycles. The van der Waals surface area contributed by atoms with Gasteiger partial charge in [-0.3, -0.25) is 4.21 Å². The third-order valence-electron chi connectivity index (χ3n) is 1.53. The first-order chi connectivity index (χ1) is 7.38. The van der Waals surface area contributed by atoms with Crippen LogP contribution in [0, 0.1) is 0 Å². The number of hydrogen-bond acceptors (Lipinski definition) is 3. The number of nitrogens with zero attached hydrogens (tertiary/aromatic N) is 1. The molecule has 0 aromatic heterocycles. The van der Waals surface area contributed by atoms with Gasteiger partial charge in [0.25, 0.3) is 3.12 Å². The Labute approximate surface area is 116 Å². The molecule has 1 aromatic rings. The number of rotatable bonds is 4. The van der Waals surface area contributed by atoms with Gasteiger partial charge >= 0.3 is 0 Å². The maximum Gasteiger partial charge on any atom is 0.252 e. The van der Waals surface area contributed by atoms with Gasteiger partial charge in [0.15, 0.2) is 0 Å². The summed E-state index contributed by atoms with van der Waals surface area (Å²) in [4.78, 5) is 0. The highest BCUT2D eigenvalue weighted by atomic mass is 35.6. The lowest BCUT2D eigenvalue weighted by Gasteiger charge is -2.25. The zero-order chi connectivity index (χ0) is 12.2. The Hall–Kier alpha value is 0.510. The minimum absolute atomic E-state index is 0.148. The molecule has 1 aromatic carbocycles. The van der Waals surface area contributed by atoms with Crippen LogP contribution in [0.4, 0.5) is 0 Å². The van der Waals surface area contributed by atoms with Gasteiger partial charge in [-0.1, -0.05) is 65.1 Å². The molecule has 90 valence electrons. The van der Waals surface area contributed by atoms with Crippen molar-refractivity contribution in [3.05, 3.63) is 35.9 Å². The molecule has 0 spiro atoms. The zero-order valence-corrected chi connectivity index (χ0v) is 11.7. The van der Waals surface area contributed by atoms with Crippen LogP contribution < -0.4 is 0 Å². The summed E-state index contributed by atoms with van der Waals surface area (Å²) in [5, 5.41) is 0. The summed E-state index contributed by atoms with van der Waals surface area (Å²) in [6.07, 6.45) is 0. The van der Waals surface area contributed by atoms with Crippen LogP contribution in [0.5, 0.6) is 0 Å². The van der Waals surface area contributed by atoms with Gasteiger partial charge in [0, 0.05) is 17.8 Å². The first kappa shape index (κ1) is 14.6. The van der Waals surface area contributed by atoms with Gasteiger partial charge in [0.1, 0.15) is 0 Å². The SMILES string of the molecule is O=S([O-])N(Cc1ccccc1)SC(Cl)(Cl)Cl. The zero-order valence-electron chi connectivity index (χ0n) is 7.81. The summed E-state index contributed by atoms with van der Waals surface area (Å²) in [7, 11) is 0. The van der Waals surface area contributed by atoms with E-state index in [0.717, 1.165) is 9.27 Å². The van der Waals surface area contributed by atoms with Crippen LogP contribution in [0.2, 0.25) is 0 Å². The Kier molecular flexibility index (Phi) is 5.87. The Bertz CT molecular complexity index is 358. The van der Waals surface area contributed by atoms with Gasteiger partial charge in [-0.15, -0.1) is 0 Å². The van der Waals surface area contributed by atoms with Crippen molar-refractivity contribution in [3.8, 4) is 0 Å². The molecule has 0 N–H and O–H groups in total. The van der Waals surface area contributed by atoms with Crippen LogP contribution in [0.25, 0.3) is 0 Å². The first-order valence-corrected chi connectivity index (χ1v) is 6.99. The summed E-state index contributed by atoms with van der Waals surface area (Å²) < 4.78 is 21.1. The summed E-state index contributed by atoms with van der Waals surface area (Å²) in [5.74, 6) is 0. The number of alkyl halides is 3. The van der Waals surface area contributed by atoms with Gasteiger partial charge in [-0.25, -0.2) is 0 Å². The Morgan fingerprint density at radius 1 is 1.31 bits per heavy atom. The van der Waals surface area contributed by atoms with Gasteiger partial charge < -0.3 is 4.55 Å². The van der Waals surface area contributed by atoms with Gasteiger partial charge in [0.2, 0.25) is 0 Å². The molecule has 0 amide bonds. The van der Waals surface area contributed by atoms with E-state index in [0.29, 0.717) is 11.9 Å². The van der Waals surface area contributed by atoms with Crippen LogP contribution in [0.1, 0.15) is 5.56 Å². The van der Waals surface area contributed by atoms with E-state index in [1.54, 1.807) is 24.3 Å². The van der Waals surface area contributed by atoms with E-state index in [-0.39, 0.29) is 6.54 Å². The second kappa shape index (κ2) is 6.44. The molecule has 0 aliphatic carbocycles. The van der Waals surface area contributed by atoms with Gasteiger partial charge in [0.05, 0.1) is 0 Å². The molecule has 1 unspecified atom stereocenters. The van der Waals surface area contributed by atoms with E-state index in [2.05, 4.69) is 0 Å². The molecule has 0 saturated carbocycles. The minimum atomic E-state index is -2.46. The van der Waals surface area contributed by atoms with Gasteiger partial charge in [-0.2, -0.15) is 3.71 Å². The van der Waals surface area contributed by atoms with E-state index in [9.17, 15) is 8.76 Å². The molecule has 16 heavy (non-hydrogen) atoms. The lowest BCUT2D eigenvalue weighted by molar-refractivity contribution is 0.487. The second-order valence-electron chi connectivity index (χ2n) is 2.73. The van der Waals surface area contributed by atoms with Crippen molar-refractivity contribution in [1.82, 2.24) is 3.71 Å². The maximum absolute atomic E-state index is 10.9. The molecule has 0 aliphatic rings. The first-order valence-electron chi connectivity index (χ1n) is 4.05. The Morgan fingerprint density at radius 2 is 1.88 bits per heavy atom. The number of halogens is 3. The normalized spacial score (nSPS) is 14.1. The number of benzene rings is 1. The second-order valence-corrected chi connectivity index (χ2v) is 8.03. The lowest BCUT2D eigenvalue weighted by Crippen LogP contribution is -2.21. The van der Waals surface area contributed by atoms with Crippen molar-refractivity contribution in [2.75, 3.05) is 0 Å². The van der Waals surface area contributed by atoms with E-state index < -0.39 is 14.4 Å². The molecular weight excluding hydrogens is 313 g/mol. The van der Waals surface area contributed by atoms with Crippen molar-refractivity contribution >= 4 is 58.0 Å². The molecule has 1 rings (SSSR count). The van der Waals surface area contributed by atoms with E-state index in [4.69, 9.17) is 34.8 Å². The average Bonchev–Trinajstić information content (AvgIpc) is 2.16. The summed E-state index contributed by atoms with van der Waals surface area (Å²) in [6.45, 7) is 0.148. The third-order valence-corrected chi connectivity index (χ3v) is 3.74. The molecule has 0 saturated heterocycles. The molecule has 8 heteroatoms. The predicted molar refractivity (Wildman–Crippen MR) is 68.8 cm³/mol. The summed E-state index contributed by atoms with van der Waals surface area (Å²) in [5.41, 5.74) is 0.813.